The molecule has 0 unspecified atom stereocenters. The molecule has 0 saturated carbocycles. The Morgan fingerprint density at radius 3 is 2.27 bits per heavy atom. The molecular weight excluding hydrogens is 186 g/mol. The Balaban J connectivity index is 3.02. The van der Waals surface area contributed by atoms with Crippen molar-refractivity contribution < 1.29 is 4.79 Å². The SMILES string of the molecule is C=C/C=C(/C=O)c1ccc(N(C)C)cc1. The molecule has 0 aromatic heterocycles. The Labute approximate surface area is 90.5 Å². The molecular formula is C13H15NO. The van der Waals surface area contributed by atoms with Crippen molar-refractivity contribution in [3.8, 4) is 0 Å². The Kier molecular flexibility index (Phi) is 3.86. The third-order valence-corrected chi connectivity index (χ3v) is 2.14. The van der Waals surface area contributed by atoms with Gasteiger partial charge in [0.25, 0.3) is 0 Å². The van der Waals surface area contributed by atoms with Crippen LogP contribution in [0.5, 0.6) is 0 Å². The first kappa shape index (κ1) is 11.2. The molecule has 0 fully saturated rings. The molecule has 78 valence electrons. The number of hydrogen-bond donors (Lipinski definition) is 0. The second-order valence-electron chi connectivity index (χ2n) is 3.42. The van der Waals surface area contributed by atoms with Gasteiger partial charge in [-0.05, 0) is 17.7 Å². The van der Waals surface area contributed by atoms with Crippen LogP contribution in [-0.2, 0) is 4.79 Å². The lowest BCUT2D eigenvalue weighted by atomic mass is 10.1. The van der Waals surface area contributed by atoms with E-state index in [9.17, 15) is 4.79 Å². The largest absolute Gasteiger partial charge is 0.378 e. The van der Waals surface area contributed by atoms with Crippen LogP contribution >= 0.6 is 0 Å². The summed E-state index contributed by atoms with van der Waals surface area (Å²) in [6.45, 7) is 3.58. The van der Waals surface area contributed by atoms with E-state index >= 15 is 0 Å². The fourth-order valence-electron chi connectivity index (χ4n) is 1.28. The van der Waals surface area contributed by atoms with Gasteiger partial charge in [0.05, 0.1) is 0 Å². The van der Waals surface area contributed by atoms with Gasteiger partial charge in [0.15, 0.2) is 6.29 Å². The van der Waals surface area contributed by atoms with Crippen LogP contribution in [0.25, 0.3) is 5.57 Å². The quantitative estimate of drug-likeness (QED) is 0.424. The highest BCUT2D eigenvalue weighted by molar-refractivity contribution is 6.07. The van der Waals surface area contributed by atoms with Gasteiger partial charge in [-0.2, -0.15) is 0 Å². The van der Waals surface area contributed by atoms with Gasteiger partial charge in [-0.15, -0.1) is 0 Å². The number of carbonyl (C=O) groups is 1. The van der Waals surface area contributed by atoms with Crippen molar-refractivity contribution >= 4 is 17.5 Å². The Morgan fingerprint density at radius 1 is 1.27 bits per heavy atom. The van der Waals surface area contributed by atoms with Crippen LogP contribution in [0, 0.1) is 0 Å². The van der Waals surface area contributed by atoms with E-state index in [0.717, 1.165) is 17.5 Å². The Morgan fingerprint density at radius 2 is 1.87 bits per heavy atom. The summed E-state index contributed by atoms with van der Waals surface area (Å²) >= 11 is 0. The lowest BCUT2D eigenvalue weighted by Gasteiger charge is -2.12. The van der Waals surface area contributed by atoms with E-state index < -0.39 is 0 Å². The number of hydrogen-bond acceptors (Lipinski definition) is 2. The van der Waals surface area contributed by atoms with Crippen LogP contribution in [0.2, 0.25) is 0 Å². The maximum absolute atomic E-state index is 10.8. The molecule has 0 spiro atoms. The molecule has 15 heavy (non-hydrogen) atoms. The van der Waals surface area contributed by atoms with Crippen LogP contribution in [-0.4, -0.2) is 20.4 Å². The second kappa shape index (κ2) is 5.15. The minimum atomic E-state index is 0.648. The Bertz CT molecular complexity index is 374. The molecule has 0 N–H and O–H groups in total. The number of rotatable bonds is 4. The van der Waals surface area contributed by atoms with Crippen LogP contribution in [0.3, 0.4) is 0 Å². The Hall–Kier alpha value is -1.83. The summed E-state index contributed by atoms with van der Waals surface area (Å²) in [6, 6.07) is 7.82. The summed E-state index contributed by atoms with van der Waals surface area (Å²) in [7, 11) is 3.96. The van der Waals surface area contributed by atoms with E-state index in [2.05, 4.69) is 6.58 Å². The molecule has 2 heteroatoms. The normalized spacial score (nSPS) is 10.9. The van der Waals surface area contributed by atoms with Gasteiger partial charge in [-0.3, -0.25) is 4.79 Å². The predicted octanol–water partition coefficient (Wildman–Crippen LogP) is 2.52. The molecule has 0 radical (unpaired) electrons. The zero-order valence-electron chi connectivity index (χ0n) is 9.10. The fourth-order valence-corrected chi connectivity index (χ4v) is 1.28. The van der Waals surface area contributed by atoms with Gasteiger partial charge in [-0.25, -0.2) is 0 Å². The first-order chi connectivity index (χ1) is 7.19. The third-order valence-electron chi connectivity index (χ3n) is 2.14. The van der Waals surface area contributed by atoms with Crippen LogP contribution < -0.4 is 4.90 Å². The lowest BCUT2D eigenvalue weighted by Crippen LogP contribution is -2.08. The van der Waals surface area contributed by atoms with E-state index in [4.69, 9.17) is 0 Å². The molecule has 0 heterocycles. The van der Waals surface area contributed by atoms with Gasteiger partial charge in [-0.1, -0.05) is 30.9 Å². The van der Waals surface area contributed by atoms with Crippen molar-refractivity contribution in [2.75, 3.05) is 19.0 Å². The second-order valence-corrected chi connectivity index (χ2v) is 3.42. The molecule has 1 aromatic rings. The number of aldehydes is 1. The maximum Gasteiger partial charge on any atom is 0.150 e. The van der Waals surface area contributed by atoms with Crippen molar-refractivity contribution in [3.05, 3.63) is 48.6 Å². The topological polar surface area (TPSA) is 20.3 Å². The van der Waals surface area contributed by atoms with Crippen molar-refractivity contribution in [1.82, 2.24) is 0 Å². The lowest BCUT2D eigenvalue weighted by molar-refractivity contribution is -0.103. The smallest absolute Gasteiger partial charge is 0.150 e. The standard InChI is InChI=1S/C13H15NO/c1-4-5-12(10-15)11-6-8-13(9-7-11)14(2)3/h4-10H,1H2,2-3H3/b12-5-. The van der Waals surface area contributed by atoms with Gasteiger partial charge in [0.2, 0.25) is 0 Å². The molecule has 0 saturated heterocycles. The van der Waals surface area contributed by atoms with Crippen LogP contribution in [0.1, 0.15) is 5.56 Å². The predicted molar refractivity (Wildman–Crippen MR) is 65.0 cm³/mol. The van der Waals surface area contributed by atoms with Crippen molar-refractivity contribution in [2.24, 2.45) is 0 Å². The minimum absolute atomic E-state index is 0.648. The van der Waals surface area contributed by atoms with Gasteiger partial charge in [0.1, 0.15) is 0 Å². The van der Waals surface area contributed by atoms with E-state index in [1.807, 2.05) is 43.3 Å². The molecule has 1 rings (SSSR count). The summed E-state index contributed by atoms with van der Waals surface area (Å²) < 4.78 is 0. The molecule has 0 aliphatic heterocycles. The van der Waals surface area contributed by atoms with E-state index in [1.165, 1.54) is 0 Å². The number of benzene rings is 1. The molecule has 2 nitrogen and oxygen atoms in total. The zero-order chi connectivity index (χ0) is 11.3. The van der Waals surface area contributed by atoms with E-state index in [0.29, 0.717) is 5.57 Å². The molecule has 1 aromatic carbocycles. The van der Waals surface area contributed by atoms with Crippen LogP contribution in [0.15, 0.2) is 43.0 Å². The number of nitrogens with zero attached hydrogens (tertiary/aromatic N) is 1. The van der Waals surface area contributed by atoms with Crippen LogP contribution in [0.4, 0.5) is 5.69 Å². The minimum Gasteiger partial charge on any atom is -0.378 e. The van der Waals surface area contributed by atoms with Crippen molar-refractivity contribution in [2.45, 2.75) is 0 Å². The number of anilines is 1. The average molecular weight is 201 g/mol. The summed E-state index contributed by atoms with van der Waals surface area (Å²) in [5.74, 6) is 0. The molecule has 0 aliphatic rings. The first-order valence-electron chi connectivity index (χ1n) is 4.74. The summed E-state index contributed by atoms with van der Waals surface area (Å²) in [6.07, 6.45) is 4.16. The first-order valence-corrected chi connectivity index (χ1v) is 4.74. The summed E-state index contributed by atoms with van der Waals surface area (Å²) in [5.41, 5.74) is 2.67. The molecule has 0 bridgehead atoms. The van der Waals surface area contributed by atoms with Gasteiger partial charge in [0, 0.05) is 25.4 Å². The van der Waals surface area contributed by atoms with Gasteiger partial charge < -0.3 is 4.90 Å². The average Bonchev–Trinajstić information content (AvgIpc) is 2.26. The van der Waals surface area contributed by atoms with Crippen molar-refractivity contribution in [3.63, 3.8) is 0 Å². The third kappa shape index (κ3) is 2.81. The summed E-state index contributed by atoms with van der Waals surface area (Å²) in [4.78, 5) is 12.8. The molecule has 0 aliphatic carbocycles. The van der Waals surface area contributed by atoms with E-state index in [-0.39, 0.29) is 0 Å². The zero-order valence-corrected chi connectivity index (χ0v) is 9.10. The highest BCUT2D eigenvalue weighted by Gasteiger charge is 2.00. The number of allylic oxidation sites excluding steroid dienone is 3. The maximum atomic E-state index is 10.8. The van der Waals surface area contributed by atoms with Crippen molar-refractivity contribution in [1.29, 1.82) is 0 Å². The van der Waals surface area contributed by atoms with E-state index in [1.54, 1.807) is 12.2 Å². The monoisotopic (exact) mass is 201 g/mol. The fraction of sp³-hybridized carbons (Fsp3) is 0.154. The molecule has 0 atom stereocenters. The number of carbonyl (C=O) groups excluding carboxylic acids is 1. The highest BCUT2D eigenvalue weighted by atomic mass is 16.1. The van der Waals surface area contributed by atoms with Gasteiger partial charge >= 0.3 is 0 Å². The summed E-state index contributed by atoms with van der Waals surface area (Å²) in [5, 5.41) is 0. The molecule has 0 amide bonds. The highest BCUT2D eigenvalue weighted by Crippen LogP contribution is 2.17.